The fourth-order valence-corrected chi connectivity index (χ4v) is 1.52. The van der Waals surface area contributed by atoms with Gasteiger partial charge in [0.2, 0.25) is 5.91 Å². The van der Waals surface area contributed by atoms with E-state index in [2.05, 4.69) is 4.98 Å². The van der Waals surface area contributed by atoms with E-state index in [0.717, 1.165) is 11.4 Å². The third-order valence-corrected chi connectivity index (χ3v) is 2.18. The van der Waals surface area contributed by atoms with Gasteiger partial charge in [-0.2, -0.15) is 0 Å². The molecule has 0 aliphatic carbocycles. The number of pyridine rings is 1. The van der Waals surface area contributed by atoms with Crippen molar-refractivity contribution in [1.29, 1.82) is 0 Å². The maximum atomic E-state index is 11.4. The zero-order valence-corrected chi connectivity index (χ0v) is 7.86. The molecule has 2 heterocycles. The minimum Gasteiger partial charge on any atom is -0.304 e. The summed E-state index contributed by atoms with van der Waals surface area (Å²) in [6.07, 6.45) is 1.67. The highest BCUT2D eigenvalue weighted by Crippen LogP contribution is 2.19. The van der Waals surface area contributed by atoms with Crippen LogP contribution in [0.15, 0.2) is 18.3 Å². The van der Waals surface area contributed by atoms with Gasteiger partial charge in [-0.15, -0.1) is 0 Å². The first-order valence-electron chi connectivity index (χ1n) is 4.41. The van der Waals surface area contributed by atoms with Gasteiger partial charge in [0, 0.05) is 17.6 Å². The van der Waals surface area contributed by atoms with Crippen LogP contribution >= 0.6 is 0 Å². The molecule has 0 radical (unpaired) electrons. The highest BCUT2D eigenvalue weighted by Gasteiger charge is 2.28. The first-order chi connectivity index (χ1) is 6.66. The number of rotatable bonds is 1. The zero-order chi connectivity index (χ0) is 10.1. The van der Waals surface area contributed by atoms with Crippen molar-refractivity contribution in [3.8, 4) is 0 Å². The summed E-state index contributed by atoms with van der Waals surface area (Å²) in [4.78, 5) is 28.0. The lowest BCUT2D eigenvalue weighted by Crippen LogP contribution is -2.24. The third-order valence-electron chi connectivity index (χ3n) is 2.18. The van der Waals surface area contributed by atoms with Crippen molar-refractivity contribution in [2.45, 2.75) is 13.3 Å². The van der Waals surface area contributed by atoms with Crippen molar-refractivity contribution in [3.05, 3.63) is 24.0 Å². The fraction of sp³-hybridized carbons (Fsp3) is 0.300. The van der Waals surface area contributed by atoms with Gasteiger partial charge in [0.15, 0.2) is 5.78 Å². The molecule has 0 aromatic carbocycles. The van der Waals surface area contributed by atoms with Crippen molar-refractivity contribution in [1.82, 2.24) is 4.98 Å². The van der Waals surface area contributed by atoms with E-state index in [9.17, 15) is 9.59 Å². The largest absolute Gasteiger partial charge is 0.304 e. The molecule has 72 valence electrons. The van der Waals surface area contributed by atoms with Gasteiger partial charge in [-0.05, 0) is 19.1 Å². The predicted molar refractivity (Wildman–Crippen MR) is 51.0 cm³/mol. The molecule has 1 aliphatic heterocycles. The number of nitrogens with zero attached hydrogens (tertiary/aromatic N) is 2. The Labute approximate surface area is 81.6 Å². The molecule has 0 unspecified atom stereocenters. The van der Waals surface area contributed by atoms with Gasteiger partial charge in [-0.25, -0.2) is 0 Å². The number of aromatic nitrogens is 1. The number of hydrogen-bond acceptors (Lipinski definition) is 3. The summed E-state index contributed by atoms with van der Waals surface area (Å²) >= 11 is 0. The van der Waals surface area contributed by atoms with E-state index in [4.69, 9.17) is 0 Å². The van der Waals surface area contributed by atoms with Crippen molar-refractivity contribution in [2.75, 3.05) is 11.4 Å². The summed E-state index contributed by atoms with van der Waals surface area (Å²) in [7, 11) is 0. The first kappa shape index (κ1) is 8.87. The van der Waals surface area contributed by atoms with Gasteiger partial charge in [-0.3, -0.25) is 14.6 Å². The molecule has 0 N–H and O–H groups in total. The van der Waals surface area contributed by atoms with E-state index in [1.807, 2.05) is 6.92 Å². The van der Waals surface area contributed by atoms with Crippen LogP contribution in [-0.4, -0.2) is 23.2 Å². The Morgan fingerprint density at radius 2 is 2.21 bits per heavy atom. The van der Waals surface area contributed by atoms with E-state index >= 15 is 0 Å². The smallest absolute Gasteiger partial charge is 0.234 e. The Morgan fingerprint density at radius 1 is 1.43 bits per heavy atom. The average Bonchev–Trinajstić information content (AvgIpc) is 2.45. The maximum absolute atomic E-state index is 11.4. The maximum Gasteiger partial charge on any atom is 0.234 e. The van der Waals surface area contributed by atoms with Crippen molar-refractivity contribution < 1.29 is 9.59 Å². The SMILES string of the molecule is Cc1cc(N2CC(=O)CC2=O)ccn1. The van der Waals surface area contributed by atoms with Crippen molar-refractivity contribution in [2.24, 2.45) is 0 Å². The van der Waals surface area contributed by atoms with Gasteiger partial charge in [0.1, 0.15) is 0 Å². The Balaban J connectivity index is 2.31. The quantitative estimate of drug-likeness (QED) is 0.612. The van der Waals surface area contributed by atoms with Crippen molar-refractivity contribution in [3.63, 3.8) is 0 Å². The Morgan fingerprint density at radius 3 is 2.79 bits per heavy atom. The van der Waals surface area contributed by atoms with Crippen LogP contribution in [-0.2, 0) is 9.59 Å². The minimum absolute atomic E-state index is 0.0236. The Bertz CT molecular complexity index is 401. The molecule has 1 aromatic rings. The molecule has 0 bridgehead atoms. The van der Waals surface area contributed by atoms with Crippen LogP contribution in [0.2, 0.25) is 0 Å². The third kappa shape index (κ3) is 1.51. The predicted octanol–water partition coefficient (Wildman–Crippen LogP) is 0.696. The zero-order valence-electron chi connectivity index (χ0n) is 7.86. The van der Waals surface area contributed by atoms with E-state index in [-0.39, 0.29) is 24.7 Å². The first-order valence-corrected chi connectivity index (χ1v) is 4.41. The monoisotopic (exact) mass is 190 g/mol. The van der Waals surface area contributed by atoms with Gasteiger partial charge in [-0.1, -0.05) is 0 Å². The van der Waals surface area contributed by atoms with Crippen LogP contribution in [0.1, 0.15) is 12.1 Å². The van der Waals surface area contributed by atoms with Crippen LogP contribution < -0.4 is 4.90 Å². The highest BCUT2D eigenvalue weighted by molar-refractivity contribution is 6.14. The normalized spacial score (nSPS) is 16.5. The molecule has 14 heavy (non-hydrogen) atoms. The molecular weight excluding hydrogens is 180 g/mol. The second-order valence-corrected chi connectivity index (χ2v) is 3.35. The van der Waals surface area contributed by atoms with E-state index in [1.54, 1.807) is 18.3 Å². The minimum atomic E-state index is -0.124. The molecule has 2 rings (SSSR count). The number of hydrogen-bond donors (Lipinski definition) is 0. The van der Waals surface area contributed by atoms with Crippen LogP contribution in [0.4, 0.5) is 5.69 Å². The molecule has 1 saturated heterocycles. The Kier molecular flexibility index (Phi) is 2.04. The number of carbonyl (C=O) groups is 2. The fourth-order valence-electron chi connectivity index (χ4n) is 1.52. The lowest BCUT2D eigenvalue weighted by atomic mass is 10.3. The lowest BCUT2D eigenvalue weighted by Gasteiger charge is -2.14. The summed E-state index contributed by atoms with van der Waals surface area (Å²) < 4.78 is 0. The van der Waals surface area contributed by atoms with Gasteiger partial charge >= 0.3 is 0 Å². The molecule has 4 nitrogen and oxygen atoms in total. The number of ketones is 1. The van der Waals surface area contributed by atoms with Crippen LogP contribution in [0.25, 0.3) is 0 Å². The summed E-state index contributed by atoms with van der Waals surface area (Å²) in [5.74, 6) is -0.148. The number of carbonyl (C=O) groups excluding carboxylic acids is 2. The van der Waals surface area contributed by atoms with E-state index in [0.29, 0.717) is 0 Å². The Hall–Kier alpha value is -1.71. The van der Waals surface area contributed by atoms with E-state index in [1.165, 1.54) is 4.90 Å². The molecule has 1 fully saturated rings. The summed E-state index contributed by atoms with van der Waals surface area (Å²) in [6, 6.07) is 3.54. The molecule has 1 aromatic heterocycles. The van der Waals surface area contributed by atoms with Crippen LogP contribution in [0.5, 0.6) is 0 Å². The number of amides is 1. The number of Topliss-reactive ketones (excluding diaryl/α,β-unsaturated/α-hetero) is 1. The number of aryl methyl sites for hydroxylation is 1. The van der Waals surface area contributed by atoms with Crippen LogP contribution in [0.3, 0.4) is 0 Å². The number of anilines is 1. The summed E-state index contributed by atoms with van der Waals surface area (Å²) in [5.41, 5.74) is 1.60. The molecular formula is C10H10N2O2. The topological polar surface area (TPSA) is 50.3 Å². The van der Waals surface area contributed by atoms with Gasteiger partial charge < -0.3 is 4.90 Å². The molecule has 0 saturated carbocycles. The molecule has 4 heteroatoms. The van der Waals surface area contributed by atoms with Crippen LogP contribution in [0, 0.1) is 6.92 Å². The molecule has 0 atom stereocenters. The summed E-state index contributed by atoms with van der Waals surface area (Å²) in [5, 5.41) is 0. The molecule has 0 spiro atoms. The van der Waals surface area contributed by atoms with Gasteiger partial charge in [0.25, 0.3) is 0 Å². The molecule has 1 aliphatic rings. The van der Waals surface area contributed by atoms with Crippen molar-refractivity contribution >= 4 is 17.4 Å². The summed E-state index contributed by atoms with van der Waals surface area (Å²) in [6.45, 7) is 2.05. The lowest BCUT2D eigenvalue weighted by molar-refractivity contribution is -0.121. The van der Waals surface area contributed by atoms with Gasteiger partial charge in [0.05, 0.1) is 13.0 Å². The average molecular weight is 190 g/mol. The second-order valence-electron chi connectivity index (χ2n) is 3.35. The highest BCUT2D eigenvalue weighted by atomic mass is 16.2. The molecule has 1 amide bonds. The second kappa shape index (κ2) is 3.21. The standard InChI is InChI=1S/C10H10N2O2/c1-7-4-8(2-3-11-7)12-6-9(13)5-10(12)14/h2-4H,5-6H2,1H3. The van der Waals surface area contributed by atoms with E-state index < -0.39 is 0 Å².